The molecule has 0 aromatic heterocycles. The van der Waals surface area contributed by atoms with Gasteiger partial charge >= 0.3 is 0 Å². The summed E-state index contributed by atoms with van der Waals surface area (Å²) in [7, 11) is 0. The van der Waals surface area contributed by atoms with Crippen molar-refractivity contribution in [3.8, 4) is 5.75 Å². The second kappa shape index (κ2) is 6.75. The van der Waals surface area contributed by atoms with Gasteiger partial charge in [0.2, 0.25) is 0 Å². The summed E-state index contributed by atoms with van der Waals surface area (Å²) in [5.41, 5.74) is 6.77. The van der Waals surface area contributed by atoms with Crippen molar-refractivity contribution in [2.45, 2.75) is 32.9 Å². The summed E-state index contributed by atoms with van der Waals surface area (Å²) in [6, 6.07) is 5.44. The molecule has 0 saturated heterocycles. The van der Waals surface area contributed by atoms with E-state index in [2.05, 4.69) is 21.2 Å². The Hall–Kier alpha value is -1.07. The fraction of sp³-hybridized carbons (Fsp3) is 0.462. The second-order valence-corrected chi connectivity index (χ2v) is 5.04. The second-order valence-electron chi connectivity index (χ2n) is 4.13. The molecule has 1 rings (SSSR count). The van der Waals surface area contributed by atoms with Crippen LogP contribution in [0.2, 0.25) is 0 Å². The van der Waals surface area contributed by atoms with Gasteiger partial charge in [-0.2, -0.15) is 0 Å². The average Bonchev–Trinajstić information content (AvgIpc) is 2.31. The van der Waals surface area contributed by atoms with Gasteiger partial charge in [0.1, 0.15) is 5.75 Å². The Kier molecular flexibility index (Phi) is 5.62. The molecule has 0 aliphatic rings. The molecule has 0 saturated carbocycles. The van der Waals surface area contributed by atoms with Crippen molar-refractivity contribution in [2.24, 2.45) is 5.73 Å². The third-order valence-corrected chi connectivity index (χ3v) is 2.98. The highest BCUT2D eigenvalue weighted by Crippen LogP contribution is 2.28. The molecule has 0 fully saturated rings. The van der Waals surface area contributed by atoms with Crippen LogP contribution >= 0.6 is 15.9 Å². The molecule has 0 bridgehead atoms. The van der Waals surface area contributed by atoms with Crippen molar-refractivity contribution in [3.05, 3.63) is 28.2 Å². The van der Waals surface area contributed by atoms with E-state index in [1.807, 2.05) is 32.0 Å². The number of amides is 1. The maximum atomic E-state index is 11.6. The number of benzene rings is 1. The molecule has 0 aliphatic heterocycles. The van der Waals surface area contributed by atoms with Crippen molar-refractivity contribution in [3.63, 3.8) is 0 Å². The van der Waals surface area contributed by atoms with Crippen molar-refractivity contribution < 1.29 is 9.53 Å². The highest BCUT2D eigenvalue weighted by atomic mass is 79.9. The molecule has 2 atom stereocenters. The fourth-order valence-corrected chi connectivity index (χ4v) is 1.92. The number of hydrogen-bond acceptors (Lipinski definition) is 3. The molecule has 0 spiro atoms. The van der Waals surface area contributed by atoms with Crippen LogP contribution in [0.25, 0.3) is 0 Å². The summed E-state index contributed by atoms with van der Waals surface area (Å²) < 4.78 is 6.60. The number of ether oxygens (including phenoxy) is 1. The average molecular weight is 315 g/mol. The zero-order chi connectivity index (χ0) is 13.7. The van der Waals surface area contributed by atoms with Crippen LogP contribution in [0.1, 0.15) is 32.4 Å². The van der Waals surface area contributed by atoms with Crippen molar-refractivity contribution >= 4 is 21.8 Å². The van der Waals surface area contributed by atoms with Crippen LogP contribution < -0.4 is 15.8 Å². The number of rotatable bonds is 5. The molecule has 1 amide bonds. The molecule has 0 radical (unpaired) electrons. The quantitative estimate of drug-likeness (QED) is 0.877. The number of likely N-dealkylation sites (N-methyl/N-ethyl adjacent to an activating group) is 1. The smallest absolute Gasteiger partial charge is 0.260 e. The standard InChI is InChI=1S/C13H19BrN2O2/c1-4-16-13(17)9(3)18-12-6-5-10(14)7-11(12)8(2)15/h5-9H,4,15H2,1-3H3,(H,16,17). The van der Waals surface area contributed by atoms with E-state index in [0.717, 1.165) is 10.0 Å². The largest absolute Gasteiger partial charge is 0.481 e. The van der Waals surface area contributed by atoms with Gasteiger partial charge in [-0.25, -0.2) is 0 Å². The summed E-state index contributed by atoms with van der Waals surface area (Å²) in [6.45, 7) is 6.06. The number of carbonyl (C=O) groups excluding carboxylic acids is 1. The van der Waals surface area contributed by atoms with Gasteiger partial charge < -0.3 is 15.8 Å². The Balaban J connectivity index is 2.87. The fourth-order valence-electron chi connectivity index (χ4n) is 1.54. The molecule has 1 aromatic carbocycles. The summed E-state index contributed by atoms with van der Waals surface area (Å²) in [6.07, 6.45) is -0.538. The van der Waals surface area contributed by atoms with Gasteiger partial charge in [-0.3, -0.25) is 4.79 Å². The van der Waals surface area contributed by atoms with E-state index in [4.69, 9.17) is 10.5 Å². The van der Waals surface area contributed by atoms with E-state index in [-0.39, 0.29) is 11.9 Å². The van der Waals surface area contributed by atoms with E-state index in [1.165, 1.54) is 0 Å². The first-order chi connectivity index (χ1) is 8.45. The molecule has 18 heavy (non-hydrogen) atoms. The first kappa shape index (κ1) is 15.0. The molecule has 1 aromatic rings. The van der Waals surface area contributed by atoms with Crippen LogP contribution in [-0.4, -0.2) is 18.6 Å². The van der Waals surface area contributed by atoms with Gasteiger partial charge in [-0.15, -0.1) is 0 Å². The predicted octanol–water partition coefficient (Wildman–Crippen LogP) is 2.37. The number of hydrogen-bond donors (Lipinski definition) is 2. The summed E-state index contributed by atoms with van der Waals surface area (Å²) in [4.78, 5) is 11.6. The Labute approximate surface area is 116 Å². The molecule has 2 unspecified atom stereocenters. The van der Waals surface area contributed by atoms with E-state index in [0.29, 0.717) is 12.3 Å². The molecular weight excluding hydrogens is 296 g/mol. The monoisotopic (exact) mass is 314 g/mol. The van der Waals surface area contributed by atoms with Gasteiger partial charge in [0, 0.05) is 22.6 Å². The maximum Gasteiger partial charge on any atom is 0.260 e. The highest BCUT2D eigenvalue weighted by Gasteiger charge is 2.16. The van der Waals surface area contributed by atoms with Crippen LogP contribution in [0.5, 0.6) is 5.75 Å². The van der Waals surface area contributed by atoms with E-state index in [1.54, 1.807) is 6.92 Å². The lowest BCUT2D eigenvalue weighted by Crippen LogP contribution is -2.36. The number of halogens is 1. The number of nitrogens with two attached hydrogens (primary N) is 1. The Morgan fingerprint density at radius 3 is 2.72 bits per heavy atom. The van der Waals surface area contributed by atoms with E-state index < -0.39 is 6.10 Å². The van der Waals surface area contributed by atoms with Crippen molar-refractivity contribution in [2.75, 3.05) is 6.54 Å². The zero-order valence-electron chi connectivity index (χ0n) is 10.9. The van der Waals surface area contributed by atoms with E-state index in [9.17, 15) is 4.79 Å². The van der Waals surface area contributed by atoms with Crippen LogP contribution in [0.3, 0.4) is 0 Å². The number of carbonyl (C=O) groups is 1. The van der Waals surface area contributed by atoms with Crippen molar-refractivity contribution in [1.82, 2.24) is 5.32 Å². The van der Waals surface area contributed by atoms with Gasteiger partial charge in [0.15, 0.2) is 6.10 Å². The Morgan fingerprint density at radius 1 is 1.50 bits per heavy atom. The molecule has 0 heterocycles. The van der Waals surface area contributed by atoms with E-state index >= 15 is 0 Å². The van der Waals surface area contributed by atoms with Gasteiger partial charge in [0.25, 0.3) is 5.91 Å². The highest BCUT2D eigenvalue weighted by molar-refractivity contribution is 9.10. The minimum atomic E-state index is -0.538. The molecule has 4 nitrogen and oxygen atoms in total. The number of nitrogens with one attached hydrogen (secondary N) is 1. The SMILES string of the molecule is CCNC(=O)C(C)Oc1ccc(Br)cc1C(C)N. The van der Waals surface area contributed by atoms with Gasteiger partial charge in [-0.1, -0.05) is 15.9 Å². The third-order valence-electron chi connectivity index (χ3n) is 2.49. The van der Waals surface area contributed by atoms with Crippen LogP contribution in [0.4, 0.5) is 0 Å². The lowest BCUT2D eigenvalue weighted by atomic mass is 10.1. The van der Waals surface area contributed by atoms with Crippen LogP contribution in [-0.2, 0) is 4.79 Å². The topological polar surface area (TPSA) is 64.3 Å². The maximum absolute atomic E-state index is 11.6. The predicted molar refractivity (Wildman–Crippen MR) is 75.5 cm³/mol. The molecule has 5 heteroatoms. The van der Waals surface area contributed by atoms with Gasteiger partial charge in [0.05, 0.1) is 0 Å². The Morgan fingerprint density at radius 2 is 2.17 bits per heavy atom. The lowest BCUT2D eigenvalue weighted by molar-refractivity contribution is -0.127. The molecule has 0 aliphatic carbocycles. The summed E-state index contributed by atoms with van der Waals surface area (Å²) >= 11 is 3.39. The van der Waals surface area contributed by atoms with Gasteiger partial charge in [-0.05, 0) is 39.0 Å². The first-order valence-electron chi connectivity index (χ1n) is 5.95. The van der Waals surface area contributed by atoms with Crippen LogP contribution in [0.15, 0.2) is 22.7 Å². The first-order valence-corrected chi connectivity index (χ1v) is 6.74. The van der Waals surface area contributed by atoms with Crippen LogP contribution in [0, 0.1) is 0 Å². The zero-order valence-corrected chi connectivity index (χ0v) is 12.5. The molecule has 100 valence electrons. The summed E-state index contributed by atoms with van der Waals surface area (Å²) in [5.74, 6) is 0.517. The van der Waals surface area contributed by atoms with Crippen molar-refractivity contribution in [1.29, 1.82) is 0 Å². The molecular formula is C13H19BrN2O2. The third kappa shape index (κ3) is 3.99. The molecule has 3 N–H and O–H groups in total. The lowest BCUT2D eigenvalue weighted by Gasteiger charge is -2.18. The summed E-state index contributed by atoms with van der Waals surface area (Å²) in [5, 5.41) is 2.72. The normalized spacial score (nSPS) is 13.8. The minimum absolute atomic E-state index is 0.129. The Bertz CT molecular complexity index is 421. The minimum Gasteiger partial charge on any atom is -0.481 e.